The van der Waals surface area contributed by atoms with Gasteiger partial charge in [0.1, 0.15) is 12.6 Å². The molecule has 0 aliphatic heterocycles. The molecule has 0 saturated heterocycles. The van der Waals surface area contributed by atoms with E-state index in [4.69, 9.17) is 13.9 Å². The van der Waals surface area contributed by atoms with Crippen molar-refractivity contribution in [1.82, 2.24) is 0 Å². The molecule has 218 valence electrons. The SMILES string of the molecule is COCOCCC[C@@]12C=C(C)C(C)(C)[C@@H]1CC(=O)[C@H](C)[C@@H]2CO[Si](c1ccccc1)(c1ccccc1)C(C)(C)C. The second-order valence-electron chi connectivity index (χ2n) is 13.7. The lowest BCUT2D eigenvalue weighted by molar-refractivity contribution is -0.138. The van der Waals surface area contributed by atoms with E-state index in [0.717, 1.165) is 12.8 Å². The number of Topliss-reactive ketones (excluding diaryl/α,β-unsaturated/α-hetero) is 1. The first-order valence-electron chi connectivity index (χ1n) is 15.0. The van der Waals surface area contributed by atoms with E-state index in [1.807, 2.05) is 0 Å². The van der Waals surface area contributed by atoms with Crippen LogP contribution in [0.3, 0.4) is 0 Å². The molecule has 1 saturated carbocycles. The average Bonchev–Trinajstić information content (AvgIpc) is 3.11. The molecule has 5 heteroatoms. The van der Waals surface area contributed by atoms with Crippen molar-refractivity contribution in [1.29, 1.82) is 0 Å². The minimum Gasteiger partial charge on any atom is -0.407 e. The van der Waals surface area contributed by atoms with Gasteiger partial charge in [-0.2, -0.15) is 0 Å². The molecular formula is C35H50O4Si. The number of rotatable bonds is 11. The average molecular weight is 563 g/mol. The molecule has 2 aromatic carbocycles. The normalized spacial score (nSPS) is 26.4. The van der Waals surface area contributed by atoms with Crippen molar-refractivity contribution in [2.24, 2.45) is 28.6 Å². The smallest absolute Gasteiger partial charge is 0.261 e. The Balaban J connectivity index is 1.79. The Morgan fingerprint density at radius 2 is 1.55 bits per heavy atom. The molecule has 0 aromatic heterocycles. The molecule has 0 N–H and O–H groups in total. The van der Waals surface area contributed by atoms with Gasteiger partial charge in [0.15, 0.2) is 0 Å². The van der Waals surface area contributed by atoms with Crippen LogP contribution >= 0.6 is 0 Å². The fraction of sp³-hybridized carbons (Fsp3) is 0.571. The van der Waals surface area contributed by atoms with Crippen molar-refractivity contribution in [3.8, 4) is 0 Å². The van der Waals surface area contributed by atoms with E-state index in [1.165, 1.54) is 15.9 Å². The second-order valence-corrected chi connectivity index (χ2v) is 18.0. The van der Waals surface area contributed by atoms with Gasteiger partial charge in [0.2, 0.25) is 0 Å². The minimum absolute atomic E-state index is 0.0289. The van der Waals surface area contributed by atoms with Gasteiger partial charge in [0.05, 0.1) is 0 Å². The summed E-state index contributed by atoms with van der Waals surface area (Å²) in [6.45, 7) is 17.6. The summed E-state index contributed by atoms with van der Waals surface area (Å²) in [5.74, 6) is 0.675. The molecule has 2 aliphatic carbocycles. The first-order chi connectivity index (χ1) is 18.9. The maximum atomic E-state index is 13.7. The van der Waals surface area contributed by atoms with E-state index in [0.29, 0.717) is 32.2 Å². The number of hydrogen-bond acceptors (Lipinski definition) is 4. The van der Waals surface area contributed by atoms with Crippen LogP contribution in [0.2, 0.25) is 5.04 Å². The number of allylic oxidation sites excluding steroid dienone is 2. The Kier molecular flexibility index (Phi) is 9.31. The number of methoxy groups -OCH3 is 1. The maximum Gasteiger partial charge on any atom is 0.261 e. The van der Waals surface area contributed by atoms with Gasteiger partial charge in [-0.1, -0.05) is 114 Å². The van der Waals surface area contributed by atoms with Crippen LogP contribution in [0.1, 0.15) is 67.7 Å². The van der Waals surface area contributed by atoms with Crippen molar-refractivity contribution < 1.29 is 18.7 Å². The maximum absolute atomic E-state index is 13.7. The van der Waals surface area contributed by atoms with Crippen LogP contribution in [0.15, 0.2) is 72.3 Å². The summed E-state index contributed by atoms with van der Waals surface area (Å²) in [7, 11) is -1.08. The Bertz CT molecular complexity index is 1130. The zero-order chi connectivity index (χ0) is 29.2. The lowest BCUT2D eigenvalue weighted by Gasteiger charge is -2.53. The molecule has 2 aliphatic rings. The summed E-state index contributed by atoms with van der Waals surface area (Å²) >= 11 is 0. The van der Waals surface area contributed by atoms with Gasteiger partial charge < -0.3 is 13.9 Å². The molecule has 1 fully saturated rings. The summed E-state index contributed by atoms with van der Waals surface area (Å²) in [4.78, 5) is 13.7. The highest BCUT2D eigenvalue weighted by Crippen LogP contribution is 2.63. The summed E-state index contributed by atoms with van der Waals surface area (Å²) in [5.41, 5.74) is 1.26. The predicted octanol–water partition coefficient (Wildman–Crippen LogP) is 6.78. The van der Waals surface area contributed by atoms with E-state index < -0.39 is 8.32 Å². The quantitative estimate of drug-likeness (QED) is 0.131. The van der Waals surface area contributed by atoms with Crippen LogP contribution < -0.4 is 10.4 Å². The second kappa shape index (κ2) is 12.0. The third-order valence-corrected chi connectivity index (χ3v) is 15.2. The number of fused-ring (bicyclic) bond motifs is 1. The van der Waals surface area contributed by atoms with Crippen molar-refractivity contribution in [3.63, 3.8) is 0 Å². The fourth-order valence-corrected chi connectivity index (χ4v) is 12.4. The first kappa shape index (κ1) is 30.9. The molecule has 0 unspecified atom stereocenters. The van der Waals surface area contributed by atoms with Gasteiger partial charge >= 0.3 is 0 Å². The number of carbonyl (C=O) groups is 1. The van der Waals surface area contributed by atoms with Gasteiger partial charge in [-0.25, -0.2) is 0 Å². The first-order valence-corrected chi connectivity index (χ1v) is 16.9. The number of carbonyl (C=O) groups excluding carboxylic acids is 1. The lowest BCUT2D eigenvalue weighted by Crippen LogP contribution is -2.67. The van der Waals surface area contributed by atoms with Gasteiger partial charge in [0.25, 0.3) is 8.32 Å². The minimum atomic E-state index is -2.74. The molecule has 2 aromatic rings. The molecule has 4 nitrogen and oxygen atoms in total. The zero-order valence-electron chi connectivity index (χ0n) is 26.0. The van der Waals surface area contributed by atoms with E-state index >= 15 is 0 Å². The molecule has 0 heterocycles. The van der Waals surface area contributed by atoms with Gasteiger partial charge in [-0.15, -0.1) is 0 Å². The predicted molar refractivity (Wildman–Crippen MR) is 166 cm³/mol. The highest BCUT2D eigenvalue weighted by Gasteiger charge is 2.60. The highest BCUT2D eigenvalue weighted by atomic mass is 28.4. The Hall–Kier alpha value is -2.05. The summed E-state index contributed by atoms with van der Waals surface area (Å²) in [6, 6.07) is 21.7. The third-order valence-electron chi connectivity index (χ3n) is 10.2. The van der Waals surface area contributed by atoms with E-state index in [2.05, 4.69) is 115 Å². The summed E-state index contributed by atoms with van der Waals surface area (Å²) < 4.78 is 18.4. The van der Waals surface area contributed by atoms with Crippen molar-refractivity contribution >= 4 is 24.5 Å². The summed E-state index contributed by atoms with van der Waals surface area (Å²) in [5, 5.41) is 2.44. The van der Waals surface area contributed by atoms with E-state index in [1.54, 1.807) is 7.11 Å². The summed E-state index contributed by atoms with van der Waals surface area (Å²) in [6.07, 6.45) is 5.08. The Morgan fingerprint density at radius 1 is 0.975 bits per heavy atom. The molecule has 0 radical (unpaired) electrons. The topological polar surface area (TPSA) is 44.8 Å². The van der Waals surface area contributed by atoms with E-state index in [-0.39, 0.29) is 33.6 Å². The van der Waals surface area contributed by atoms with Crippen molar-refractivity contribution in [2.75, 3.05) is 27.1 Å². The zero-order valence-corrected chi connectivity index (χ0v) is 27.0. The van der Waals surface area contributed by atoms with Crippen molar-refractivity contribution in [3.05, 3.63) is 72.3 Å². The van der Waals surface area contributed by atoms with Crippen LogP contribution in [-0.4, -0.2) is 41.2 Å². The van der Waals surface area contributed by atoms with Crippen LogP contribution in [0.5, 0.6) is 0 Å². The molecule has 0 amide bonds. The molecule has 4 atom stereocenters. The standard InChI is InChI=1S/C35H50O4Si/c1-26-23-35(20-15-21-38-25-37-8)30(27(2)31(36)22-32(35)34(26,6)7)24-39-40(33(3,4)5,28-16-11-9-12-17-28)29-18-13-10-14-19-29/h9-14,16-19,23,27,30,32H,15,20-22,24-25H2,1-8H3/t27-,30+,32+,35+/m1/s1. The van der Waals surface area contributed by atoms with Crippen LogP contribution in [-0.2, 0) is 18.7 Å². The van der Waals surface area contributed by atoms with Gasteiger partial charge in [0, 0.05) is 32.7 Å². The van der Waals surface area contributed by atoms with E-state index in [9.17, 15) is 4.79 Å². The Labute approximate surface area is 243 Å². The monoisotopic (exact) mass is 562 g/mol. The third kappa shape index (κ3) is 5.43. The van der Waals surface area contributed by atoms with Crippen LogP contribution in [0, 0.1) is 28.6 Å². The van der Waals surface area contributed by atoms with Crippen molar-refractivity contribution in [2.45, 2.75) is 72.8 Å². The van der Waals surface area contributed by atoms with Crippen LogP contribution in [0.25, 0.3) is 0 Å². The van der Waals surface area contributed by atoms with Gasteiger partial charge in [-0.3, -0.25) is 4.79 Å². The molecule has 40 heavy (non-hydrogen) atoms. The molecule has 0 bridgehead atoms. The molecule has 0 spiro atoms. The number of ketones is 1. The lowest BCUT2D eigenvalue weighted by atomic mass is 9.52. The highest BCUT2D eigenvalue weighted by molar-refractivity contribution is 6.99. The molecular weight excluding hydrogens is 512 g/mol. The number of hydrogen-bond donors (Lipinski definition) is 0. The fourth-order valence-electron chi connectivity index (χ4n) is 7.85. The van der Waals surface area contributed by atoms with Crippen LogP contribution in [0.4, 0.5) is 0 Å². The largest absolute Gasteiger partial charge is 0.407 e. The van der Waals surface area contributed by atoms with Gasteiger partial charge in [-0.05, 0) is 57.8 Å². The number of benzene rings is 2. The Morgan fingerprint density at radius 3 is 2.08 bits per heavy atom. The molecule has 4 rings (SSSR count). The number of ether oxygens (including phenoxy) is 2.